The molecule has 17 heavy (non-hydrogen) atoms. The molecule has 0 saturated heterocycles. The van der Waals surface area contributed by atoms with Gasteiger partial charge in [-0.3, -0.25) is 0 Å². The van der Waals surface area contributed by atoms with Gasteiger partial charge in [0.25, 0.3) is 0 Å². The Labute approximate surface area is 98.6 Å². The van der Waals surface area contributed by atoms with Crippen molar-refractivity contribution < 1.29 is 5.11 Å². The molecule has 1 atom stereocenters. The molecular weight excluding hydrogens is 216 g/mol. The highest BCUT2D eigenvalue weighted by atomic mass is 16.3. The van der Waals surface area contributed by atoms with Crippen molar-refractivity contribution in [3.63, 3.8) is 0 Å². The van der Waals surface area contributed by atoms with E-state index in [0.717, 1.165) is 36.2 Å². The molecule has 88 valence electrons. The average molecular weight is 230 g/mol. The molecule has 1 unspecified atom stereocenters. The van der Waals surface area contributed by atoms with Crippen molar-refractivity contribution in [3.05, 3.63) is 30.5 Å². The van der Waals surface area contributed by atoms with E-state index in [1.807, 2.05) is 0 Å². The van der Waals surface area contributed by atoms with E-state index in [2.05, 4.69) is 26.5 Å². The molecule has 0 amide bonds. The first-order chi connectivity index (χ1) is 8.26. The lowest BCUT2D eigenvalue weighted by molar-refractivity contribution is 0.214. The molecule has 2 heterocycles. The average Bonchev–Trinajstić information content (AvgIpc) is 2.92. The smallest absolute Gasteiger partial charge is 0.180 e. The molecule has 5 heteroatoms. The number of nitrogens with one attached hydrogen (secondary N) is 1. The van der Waals surface area contributed by atoms with E-state index < -0.39 is 5.41 Å². The number of H-pyrrole nitrogens is 1. The van der Waals surface area contributed by atoms with Gasteiger partial charge in [0.05, 0.1) is 18.2 Å². The maximum Gasteiger partial charge on any atom is 0.180 e. The first-order valence-corrected chi connectivity index (χ1v) is 5.71. The largest absolute Gasteiger partial charge is 0.395 e. The maximum absolute atomic E-state index is 9.71. The van der Waals surface area contributed by atoms with Crippen LogP contribution < -0.4 is 0 Å². The van der Waals surface area contributed by atoms with E-state index in [1.165, 1.54) is 6.33 Å². The number of imidazole rings is 1. The highest BCUT2D eigenvalue weighted by molar-refractivity contribution is 5.69. The summed E-state index contributed by atoms with van der Waals surface area (Å²) in [5.41, 5.74) is 2.07. The number of nitrogens with zero attached hydrogens (tertiary/aromatic N) is 3. The number of aromatic nitrogens is 4. The Morgan fingerprint density at radius 1 is 1.53 bits per heavy atom. The fraction of sp³-hybridized carbons (Fsp3) is 0.417. The first-order valence-electron chi connectivity index (χ1n) is 5.71. The van der Waals surface area contributed by atoms with Crippen LogP contribution in [-0.2, 0) is 5.41 Å². The van der Waals surface area contributed by atoms with Crippen LogP contribution in [0.3, 0.4) is 0 Å². The van der Waals surface area contributed by atoms with Crippen LogP contribution >= 0.6 is 0 Å². The number of aromatic amines is 1. The molecular formula is C12H14N4O. The topological polar surface area (TPSA) is 74.7 Å². The molecule has 5 nitrogen and oxygen atoms in total. The summed E-state index contributed by atoms with van der Waals surface area (Å²) >= 11 is 0. The molecule has 0 radical (unpaired) electrons. The van der Waals surface area contributed by atoms with Crippen LogP contribution in [0.15, 0.2) is 24.7 Å². The van der Waals surface area contributed by atoms with Gasteiger partial charge in [0.1, 0.15) is 17.7 Å². The predicted molar refractivity (Wildman–Crippen MR) is 63.4 cm³/mol. The minimum absolute atomic E-state index is 0.0408. The molecule has 2 aromatic heterocycles. The second kappa shape index (κ2) is 3.63. The zero-order chi connectivity index (χ0) is 11.9. The van der Waals surface area contributed by atoms with Crippen molar-refractivity contribution in [1.29, 1.82) is 0 Å². The van der Waals surface area contributed by atoms with Crippen molar-refractivity contribution >= 4 is 11.2 Å². The van der Waals surface area contributed by atoms with Crippen molar-refractivity contribution in [3.8, 4) is 0 Å². The van der Waals surface area contributed by atoms with Crippen LogP contribution in [0.1, 0.15) is 25.1 Å². The van der Waals surface area contributed by atoms with E-state index in [1.54, 1.807) is 6.20 Å². The lowest BCUT2D eigenvalue weighted by Gasteiger charge is -2.25. The van der Waals surface area contributed by atoms with Gasteiger partial charge >= 0.3 is 0 Å². The monoisotopic (exact) mass is 230 g/mol. The minimum atomic E-state index is -0.416. The normalized spacial score (nSPS) is 24.6. The second-order valence-corrected chi connectivity index (χ2v) is 4.54. The van der Waals surface area contributed by atoms with Crippen molar-refractivity contribution in [2.24, 2.45) is 0 Å². The fourth-order valence-electron chi connectivity index (χ4n) is 2.56. The zero-order valence-electron chi connectivity index (χ0n) is 9.48. The first kappa shape index (κ1) is 10.4. The van der Waals surface area contributed by atoms with Crippen LogP contribution in [0.2, 0.25) is 0 Å². The Morgan fingerprint density at radius 3 is 3.06 bits per heavy atom. The molecule has 2 aromatic rings. The van der Waals surface area contributed by atoms with Crippen LogP contribution in [0.25, 0.3) is 11.2 Å². The molecule has 0 aromatic carbocycles. The summed E-state index contributed by atoms with van der Waals surface area (Å²) in [4.78, 5) is 15.7. The molecule has 1 aliphatic rings. The van der Waals surface area contributed by atoms with Gasteiger partial charge in [0.15, 0.2) is 5.65 Å². The number of fused-ring (bicyclic) bond motifs is 1. The summed E-state index contributed by atoms with van der Waals surface area (Å²) in [6.07, 6.45) is 6.05. The summed E-state index contributed by atoms with van der Waals surface area (Å²) < 4.78 is 0. The van der Waals surface area contributed by atoms with Gasteiger partial charge in [0, 0.05) is 0 Å². The number of rotatable bonds is 2. The molecule has 0 spiro atoms. The third-order valence-corrected chi connectivity index (χ3v) is 3.64. The summed E-state index contributed by atoms with van der Waals surface area (Å²) in [6, 6.07) is 0. The summed E-state index contributed by atoms with van der Waals surface area (Å²) in [7, 11) is 0. The third kappa shape index (κ3) is 1.39. The van der Waals surface area contributed by atoms with Gasteiger partial charge in [0.2, 0.25) is 0 Å². The highest BCUT2D eigenvalue weighted by Gasteiger charge is 2.41. The Bertz CT molecular complexity index is 544. The molecule has 1 aliphatic carbocycles. The molecule has 1 saturated carbocycles. The number of aliphatic hydroxyl groups excluding tert-OH is 1. The lowest BCUT2D eigenvalue weighted by Crippen LogP contribution is -2.30. The van der Waals surface area contributed by atoms with E-state index in [4.69, 9.17) is 0 Å². The van der Waals surface area contributed by atoms with Crippen molar-refractivity contribution in [1.82, 2.24) is 19.9 Å². The number of hydrogen-bond acceptors (Lipinski definition) is 4. The Morgan fingerprint density at radius 2 is 2.41 bits per heavy atom. The predicted octanol–water partition coefficient (Wildman–Crippen LogP) is 1.32. The molecule has 3 rings (SSSR count). The van der Waals surface area contributed by atoms with Gasteiger partial charge in [-0.05, 0) is 19.3 Å². The quantitative estimate of drug-likeness (QED) is 0.763. The highest BCUT2D eigenvalue weighted by Crippen LogP contribution is 2.43. The minimum Gasteiger partial charge on any atom is -0.395 e. The Kier molecular flexibility index (Phi) is 2.22. The SMILES string of the molecule is C=C1CCCC1(CO)c1nc2ncncc2[nH]1. The van der Waals surface area contributed by atoms with Crippen LogP contribution in [0.5, 0.6) is 0 Å². The van der Waals surface area contributed by atoms with Crippen LogP contribution in [0.4, 0.5) is 0 Å². The summed E-state index contributed by atoms with van der Waals surface area (Å²) in [6.45, 7) is 4.11. The summed E-state index contributed by atoms with van der Waals surface area (Å²) in [5.74, 6) is 0.762. The Balaban J connectivity index is 2.16. The third-order valence-electron chi connectivity index (χ3n) is 3.64. The van der Waals surface area contributed by atoms with E-state index in [-0.39, 0.29) is 6.61 Å². The van der Waals surface area contributed by atoms with Crippen molar-refractivity contribution in [2.45, 2.75) is 24.7 Å². The molecule has 0 bridgehead atoms. The van der Waals surface area contributed by atoms with Gasteiger partial charge in [-0.15, -0.1) is 0 Å². The van der Waals surface area contributed by atoms with Gasteiger partial charge < -0.3 is 10.1 Å². The van der Waals surface area contributed by atoms with Gasteiger partial charge in [-0.2, -0.15) is 0 Å². The fourth-order valence-corrected chi connectivity index (χ4v) is 2.56. The molecule has 2 N–H and O–H groups in total. The number of hydrogen-bond donors (Lipinski definition) is 2. The van der Waals surface area contributed by atoms with Crippen LogP contribution in [-0.4, -0.2) is 31.6 Å². The molecule has 1 fully saturated rings. The number of aliphatic hydroxyl groups is 1. The van der Waals surface area contributed by atoms with Gasteiger partial charge in [-0.1, -0.05) is 12.2 Å². The van der Waals surface area contributed by atoms with E-state index in [0.29, 0.717) is 5.65 Å². The maximum atomic E-state index is 9.71. The van der Waals surface area contributed by atoms with E-state index >= 15 is 0 Å². The standard InChI is InChI=1S/C12H14N4O/c1-8-3-2-4-12(8,6-17)11-15-9-5-13-7-14-10(9)16-11/h5,7,17H,1-4,6H2,(H,13,14,15,16). The summed E-state index contributed by atoms with van der Waals surface area (Å²) in [5, 5.41) is 9.71. The lowest BCUT2D eigenvalue weighted by atomic mass is 9.83. The van der Waals surface area contributed by atoms with E-state index in [9.17, 15) is 5.11 Å². The second-order valence-electron chi connectivity index (χ2n) is 4.54. The van der Waals surface area contributed by atoms with Crippen LogP contribution in [0, 0.1) is 0 Å². The Hall–Kier alpha value is -1.75. The van der Waals surface area contributed by atoms with Gasteiger partial charge in [-0.25, -0.2) is 15.0 Å². The molecule has 0 aliphatic heterocycles. The van der Waals surface area contributed by atoms with Crippen molar-refractivity contribution in [2.75, 3.05) is 6.61 Å². The zero-order valence-corrected chi connectivity index (χ0v) is 9.48.